The number of halogens is 2. The molecule has 5 nitrogen and oxygen atoms in total. The van der Waals surface area contributed by atoms with E-state index in [-0.39, 0.29) is 29.5 Å². The van der Waals surface area contributed by atoms with Crippen molar-refractivity contribution in [2.24, 2.45) is 0 Å². The van der Waals surface area contributed by atoms with Gasteiger partial charge in [-0.1, -0.05) is 30.3 Å². The Labute approximate surface area is 191 Å². The number of hydrogen-bond acceptors (Lipinski definition) is 3. The van der Waals surface area contributed by atoms with Crippen LogP contribution in [0.15, 0.2) is 72.8 Å². The van der Waals surface area contributed by atoms with Crippen molar-refractivity contribution in [2.45, 2.75) is 13.0 Å². The van der Waals surface area contributed by atoms with Crippen molar-refractivity contribution in [3.05, 3.63) is 101 Å². The minimum absolute atomic E-state index is 0.0954. The van der Waals surface area contributed by atoms with Crippen molar-refractivity contribution in [1.82, 2.24) is 9.80 Å². The van der Waals surface area contributed by atoms with Gasteiger partial charge in [-0.3, -0.25) is 14.5 Å². The van der Waals surface area contributed by atoms with Crippen molar-refractivity contribution in [2.75, 3.05) is 31.5 Å². The van der Waals surface area contributed by atoms with Gasteiger partial charge in [0.15, 0.2) is 0 Å². The Morgan fingerprint density at radius 2 is 1.36 bits per heavy atom. The molecule has 0 radical (unpaired) electrons. The maximum atomic E-state index is 13.5. The Hall–Kier alpha value is -3.58. The normalized spacial score (nSPS) is 14.4. The van der Waals surface area contributed by atoms with Crippen LogP contribution in [0.25, 0.3) is 0 Å². The number of hydrogen-bond donors (Lipinski definition) is 1. The number of carbonyl (C=O) groups excluding carboxylic acids is 2. The molecular weight excluding hydrogens is 424 g/mol. The van der Waals surface area contributed by atoms with E-state index in [2.05, 4.69) is 10.2 Å². The average Bonchev–Trinajstić information content (AvgIpc) is 2.81. The lowest BCUT2D eigenvalue weighted by Crippen LogP contribution is -2.49. The van der Waals surface area contributed by atoms with E-state index in [1.807, 2.05) is 0 Å². The first-order valence-electron chi connectivity index (χ1n) is 10.8. The maximum Gasteiger partial charge on any atom is 0.254 e. The lowest BCUT2D eigenvalue weighted by Gasteiger charge is -2.40. The monoisotopic (exact) mass is 449 g/mol. The molecule has 33 heavy (non-hydrogen) atoms. The minimum atomic E-state index is -0.312. The molecule has 0 atom stereocenters. The number of carbonyl (C=O) groups is 2. The van der Waals surface area contributed by atoms with Crippen LogP contribution in [0, 0.1) is 11.6 Å². The smallest absolute Gasteiger partial charge is 0.254 e. The molecule has 0 bridgehead atoms. The summed E-state index contributed by atoms with van der Waals surface area (Å²) in [5.74, 6) is -0.912. The number of benzene rings is 3. The molecule has 0 aromatic heterocycles. The fourth-order valence-corrected chi connectivity index (χ4v) is 4.20. The van der Waals surface area contributed by atoms with Gasteiger partial charge < -0.3 is 10.2 Å². The Bertz CT molecular complexity index is 1080. The fraction of sp³-hybridized carbons (Fsp3) is 0.231. The summed E-state index contributed by atoms with van der Waals surface area (Å²) in [6.45, 7) is 3.67. The molecule has 1 fully saturated rings. The van der Waals surface area contributed by atoms with Crippen molar-refractivity contribution in [3.63, 3.8) is 0 Å². The molecule has 1 N–H and O–H groups in total. The Kier molecular flexibility index (Phi) is 6.79. The number of amides is 2. The molecule has 2 amide bonds. The highest BCUT2D eigenvalue weighted by Gasteiger charge is 2.28. The van der Waals surface area contributed by atoms with E-state index in [9.17, 15) is 18.4 Å². The Morgan fingerprint density at radius 3 is 1.88 bits per heavy atom. The molecule has 0 saturated carbocycles. The molecule has 7 heteroatoms. The van der Waals surface area contributed by atoms with Gasteiger partial charge in [0.2, 0.25) is 5.91 Å². The molecule has 1 saturated heterocycles. The highest BCUT2D eigenvalue weighted by molar-refractivity contribution is 5.96. The minimum Gasteiger partial charge on any atom is -0.336 e. The lowest BCUT2D eigenvalue weighted by molar-refractivity contribution is -0.114. The van der Waals surface area contributed by atoms with E-state index in [0.717, 1.165) is 11.1 Å². The zero-order valence-corrected chi connectivity index (χ0v) is 18.3. The van der Waals surface area contributed by atoms with Gasteiger partial charge >= 0.3 is 0 Å². The third kappa shape index (κ3) is 5.43. The lowest BCUT2D eigenvalue weighted by atomic mass is 9.96. The van der Waals surface area contributed by atoms with Crippen molar-refractivity contribution >= 4 is 17.5 Å². The van der Waals surface area contributed by atoms with Gasteiger partial charge in [0, 0.05) is 44.4 Å². The molecule has 0 unspecified atom stereocenters. The molecule has 170 valence electrons. The van der Waals surface area contributed by atoms with Crippen LogP contribution < -0.4 is 5.32 Å². The number of nitrogens with one attached hydrogen (secondary N) is 1. The topological polar surface area (TPSA) is 52.7 Å². The second-order valence-corrected chi connectivity index (χ2v) is 8.10. The van der Waals surface area contributed by atoms with Gasteiger partial charge in [0.25, 0.3) is 5.91 Å². The highest BCUT2D eigenvalue weighted by Crippen LogP contribution is 2.30. The summed E-state index contributed by atoms with van der Waals surface area (Å²) < 4.78 is 27.0. The van der Waals surface area contributed by atoms with Gasteiger partial charge in [-0.15, -0.1) is 0 Å². The molecule has 1 aliphatic rings. The molecule has 3 aromatic carbocycles. The van der Waals surface area contributed by atoms with Crippen LogP contribution in [0.1, 0.15) is 34.5 Å². The molecule has 0 spiro atoms. The summed E-state index contributed by atoms with van der Waals surface area (Å²) in [7, 11) is 0. The van der Waals surface area contributed by atoms with Crippen LogP contribution in [0.5, 0.6) is 0 Å². The summed E-state index contributed by atoms with van der Waals surface area (Å²) in [5, 5.41) is 2.70. The van der Waals surface area contributed by atoms with Crippen LogP contribution in [0.3, 0.4) is 0 Å². The van der Waals surface area contributed by atoms with Crippen LogP contribution in [-0.4, -0.2) is 47.8 Å². The van der Waals surface area contributed by atoms with Crippen molar-refractivity contribution < 1.29 is 18.4 Å². The largest absolute Gasteiger partial charge is 0.336 e. The third-order valence-electron chi connectivity index (χ3n) is 5.77. The number of piperazine rings is 1. The first-order valence-corrected chi connectivity index (χ1v) is 10.8. The maximum absolute atomic E-state index is 13.5. The van der Waals surface area contributed by atoms with Crippen LogP contribution >= 0.6 is 0 Å². The van der Waals surface area contributed by atoms with Crippen molar-refractivity contribution in [3.8, 4) is 0 Å². The second-order valence-electron chi connectivity index (χ2n) is 8.10. The van der Waals surface area contributed by atoms with E-state index in [0.29, 0.717) is 37.4 Å². The van der Waals surface area contributed by atoms with E-state index < -0.39 is 0 Å². The Balaban J connectivity index is 1.50. The zero-order chi connectivity index (χ0) is 23.4. The molecule has 3 aromatic rings. The van der Waals surface area contributed by atoms with E-state index in [1.54, 1.807) is 53.4 Å². The summed E-state index contributed by atoms with van der Waals surface area (Å²) in [4.78, 5) is 28.4. The predicted octanol–water partition coefficient (Wildman–Crippen LogP) is 4.47. The average molecular weight is 450 g/mol. The van der Waals surface area contributed by atoms with Gasteiger partial charge in [-0.2, -0.15) is 0 Å². The van der Waals surface area contributed by atoms with Gasteiger partial charge in [0.1, 0.15) is 11.6 Å². The summed E-state index contributed by atoms with van der Waals surface area (Å²) in [5.41, 5.74) is 2.92. The quantitative estimate of drug-likeness (QED) is 0.625. The molecule has 4 rings (SSSR count). The molecule has 1 aliphatic heterocycles. The first-order chi connectivity index (χ1) is 15.9. The van der Waals surface area contributed by atoms with Crippen LogP contribution in [-0.2, 0) is 4.79 Å². The molecule has 0 aliphatic carbocycles. The van der Waals surface area contributed by atoms with Crippen LogP contribution in [0.2, 0.25) is 0 Å². The first kappa shape index (κ1) is 22.6. The second kappa shape index (κ2) is 9.92. The van der Waals surface area contributed by atoms with Gasteiger partial charge in [-0.25, -0.2) is 8.78 Å². The predicted molar refractivity (Wildman–Crippen MR) is 123 cm³/mol. The van der Waals surface area contributed by atoms with E-state index in [1.165, 1.54) is 31.2 Å². The van der Waals surface area contributed by atoms with Gasteiger partial charge in [-0.05, 0) is 53.6 Å². The van der Waals surface area contributed by atoms with Gasteiger partial charge in [0.05, 0.1) is 6.04 Å². The number of anilines is 1. The molecular formula is C26H25F2N3O2. The van der Waals surface area contributed by atoms with E-state index in [4.69, 9.17) is 0 Å². The van der Waals surface area contributed by atoms with Crippen molar-refractivity contribution in [1.29, 1.82) is 0 Å². The summed E-state index contributed by atoms with van der Waals surface area (Å²) >= 11 is 0. The fourth-order valence-electron chi connectivity index (χ4n) is 4.20. The zero-order valence-electron chi connectivity index (χ0n) is 18.3. The summed E-state index contributed by atoms with van der Waals surface area (Å²) in [6, 6.07) is 19.4. The SMILES string of the molecule is CC(=O)Nc1cccc(C(=O)N2CCN(C(c3ccc(F)cc3)c3ccc(F)cc3)CC2)c1. The van der Waals surface area contributed by atoms with Crippen LogP contribution in [0.4, 0.5) is 14.5 Å². The third-order valence-corrected chi connectivity index (χ3v) is 5.77. The number of nitrogens with zero attached hydrogens (tertiary/aromatic N) is 2. The number of rotatable bonds is 5. The highest BCUT2D eigenvalue weighted by atomic mass is 19.1. The standard InChI is InChI=1S/C26H25F2N3O2/c1-18(32)29-24-4-2-3-21(17-24)26(33)31-15-13-30(14-16-31)25(19-5-9-22(27)10-6-19)20-7-11-23(28)12-8-20/h2-12,17,25H,13-16H2,1H3,(H,29,32). The molecule has 1 heterocycles. The summed E-state index contributed by atoms with van der Waals surface area (Å²) in [6.07, 6.45) is 0. The Morgan fingerprint density at radius 1 is 0.818 bits per heavy atom. The van der Waals surface area contributed by atoms with E-state index >= 15 is 0 Å².